The maximum atomic E-state index is 14.3. The van der Waals surface area contributed by atoms with Gasteiger partial charge in [0.25, 0.3) is 0 Å². The van der Waals surface area contributed by atoms with E-state index in [1.807, 2.05) is 0 Å². The van der Waals surface area contributed by atoms with Gasteiger partial charge >= 0.3 is 0 Å². The van der Waals surface area contributed by atoms with E-state index in [2.05, 4.69) is 0 Å². The van der Waals surface area contributed by atoms with Crippen molar-refractivity contribution >= 4 is 15.8 Å². The van der Waals surface area contributed by atoms with Gasteiger partial charge in [-0.2, -0.15) is 0 Å². The second-order valence-corrected chi connectivity index (χ2v) is 7.86. The van der Waals surface area contributed by atoms with Crippen LogP contribution in [0.2, 0.25) is 0 Å². The van der Waals surface area contributed by atoms with E-state index < -0.39 is 15.8 Å². The summed E-state index contributed by atoms with van der Waals surface area (Å²) in [5.74, 6) is -0.181. The second-order valence-electron chi connectivity index (χ2n) is 6.30. The van der Waals surface area contributed by atoms with Crippen LogP contribution in [0.3, 0.4) is 0 Å². The van der Waals surface area contributed by atoms with Gasteiger partial charge in [0.15, 0.2) is 0 Å². The van der Waals surface area contributed by atoms with Crippen LogP contribution in [0.5, 0.6) is 5.75 Å². The monoisotopic (exact) mass is 402 g/mol. The third-order valence-corrected chi connectivity index (χ3v) is 5.45. The Morgan fingerprint density at radius 2 is 1.79 bits per heavy atom. The Labute approximate surface area is 162 Å². The molecule has 0 aliphatic heterocycles. The molecule has 3 aromatic rings. The Balaban J connectivity index is 1.86. The maximum absolute atomic E-state index is 14.3. The summed E-state index contributed by atoms with van der Waals surface area (Å²) in [6.07, 6.45) is 0.198. The molecule has 0 spiro atoms. The van der Waals surface area contributed by atoms with Crippen LogP contribution in [0.4, 0.5) is 4.39 Å². The number of hydrogen-bond acceptors (Lipinski definition) is 4. The SMILES string of the molecule is COc1ccc(C(=O)c2ccc(Cc3ccc(S(N)(=O)=O)cc3F)n2C)cc1. The van der Waals surface area contributed by atoms with Crippen LogP contribution in [0, 0.1) is 5.82 Å². The van der Waals surface area contributed by atoms with Crippen LogP contribution >= 0.6 is 0 Å². The molecule has 0 aliphatic rings. The van der Waals surface area contributed by atoms with Gasteiger partial charge in [0, 0.05) is 24.7 Å². The lowest BCUT2D eigenvalue weighted by Gasteiger charge is -2.09. The minimum absolute atomic E-state index is 0.165. The largest absolute Gasteiger partial charge is 0.497 e. The third kappa shape index (κ3) is 3.97. The molecule has 3 rings (SSSR count). The van der Waals surface area contributed by atoms with E-state index in [0.29, 0.717) is 28.3 Å². The van der Waals surface area contributed by atoms with Crippen molar-refractivity contribution in [1.29, 1.82) is 0 Å². The smallest absolute Gasteiger partial charge is 0.238 e. The zero-order valence-electron chi connectivity index (χ0n) is 15.3. The van der Waals surface area contributed by atoms with E-state index in [1.165, 1.54) is 12.1 Å². The van der Waals surface area contributed by atoms with Gasteiger partial charge in [-0.15, -0.1) is 0 Å². The Kier molecular flexibility index (Phi) is 5.35. The number of aromatic nitrogens is 1. The van der Waals surface area contributed by atoms with Gasteiger partial charge < -0.3 is 9.30 Å². The first-order valence-electron chi connectivity index (χ1n) is 8.35. The Morgan fingerprint density at radius 1 is 1.11 bits per heavy atom. The molecule has 0 unspecified atom stereocenters. The second kappa shape index (κ2) is 7.57. The van der Waals surface area contributed by atoms with Crippen molar-refractivity contribution < 1.29 is 22.3 Å². The lowest BCUT2D eigenvalue weighted by Crippen LogP contribution is -2.13. The van der Waals surface area contributed by atoms with Gasteiger partial charge in [-0.3, -0.25) is 4.79 Å². The summed E-state index contributed by atoms with van der Waals surface area (Å²) in [7, 11) is -0.689. The highest BCUT2D eigenvalue weighted by atomic mass is 32.2. The zero-order valence-corrected chi connectivity index (χ0v) is 16.2. The number of hydrogen-bond donors (Lipinski definition) is 1. The normalized spacial score (nSPS) is 11.4. The molecular weight excluding hydrogens is 383 g/mol. The molecule has 1 heterocycles. The summed E-state index contributed by atoms with van der Waals surface area (Å²) in [6.45, 7) is 0. The summed E-state index contributed by atoms with van der Waals surface area (Å²) in [5, 5.41) is 5.02. The number of sulfonamides is 1. The van der Waals surface area contributed by atoms with Gasteiger partial charge in [0.05, 0.1) is 17.7 Å². The Bertz CT molecular complexity index is 1140. The van der Waals surface area contributed by atoms with Gasteiger partial charge in [-0.1, -0.05) is 6.07 Å². The van der Waals surface area contributed by atoms with Crippen LogP contribution in [0.1, 0.15) is 27.3 Å². The predicted octanol–water partition coefficient (Wildman–Crippen LogP) is 2.64. The average Bonchev–Trinajstić information content (AvgIpc) is 3.02. The average molecular weight is 402 g/mol. The highest BCUT2D eigenvalue weighted by Gasteiger charge is 2.17. The van der Waals surface area contributed by atoms with Crippen molar-refractivity contribution in [3.63, 3.8) is 0 Å². The number of ether oxygens (including phenoxy) is 1. The molecule has 0 atom stereocenters. The number of benzene rings is 2. The number of rotatable bonds is 6. The van der Waals surface area contributed by atoms with Crippen LogP contribution in [-0.4, -0.2) is 25.9 Å². The summed E-state index contributed by atoms with van der Waals surface area (Å²) in [4.78, 5) is 12.5. The zero-order chi connectivity index (χ0) is 20.5. The van der Waals surface area contributed by atoms with Crippen molar-refractivity contribution in [2.45, 2.75) is 11.3 Å². The lowest BCUT2D eigenvalue weighted by atomic mass is 10.1. The van der Waals surface area contributed by atoms with Crippen molar-refractivity contribution in [1.82, 2.24) is 4.57 Å². The molecule has 146 valence electrons. The number of nitrogens with zero attached hydrogens (tertiary/aromatic N) is 1. The number of halogens is 1. The molecule has 2 aromatic carbocycles. The summed E-state index contributed by atoms with van der Waals surface area (Å²) in [5.41, 5.74) is 1.98. The molecular formula is C20H19FN2O4S. The van der Waals surface area contributed by atoms with Crippen molar-refractivity contribution in [2.24, 2.45) is 12.2 Å². The fraction of sp³-hybridized carbons (Fsp3) is 0.150. The summed E-state index contributed by atoms with van der Waals surface area (Å²) < 4.78 is 43.7. The van der Waals surface area contributed by atoms with Crippen molar-refractivity contribution in [3.05, 3.63) is 82.9 Å². The molecule has 1 aromatic heterocycles. The molecule has 0 aliphatic carbocycles. The van der Waals surface area contributed by atoms with Crippen LogP contribution in [0.25, 0.3) is 0 Å². The number of methoxy groups -OCH3 is 1. The highest BCUT2D eigenvalue weighted by molar-refractivity contribution is 7.89. The first kappa shape index (κ1) is 19.8. The molecule has 0 fully saturated rings. The molecule has 28 heavy (non-hydrogen) atoms. The summed E-state index contributed by atoms with van der Waals surface area (Å²) >= 11 is 0. The number of carbonyl (C=O) groups is 1. The van der Waals surface area contributed by atoms with E-state index in [-0.39, 0.29) is 17.1 Å². The molecule has 0 saturated carbocycles. The summed E-state index contributed by atoms with van der Waals surface area (Å²) in [6, 6.07) is 13.7. The molecule has 0 amide bonds. The maximum Gasteiger partial charge on any atom is 0.238 e. The first-order valence-corrected chi connectivity index (χ1v) is 9.90. The molecule has 0 radical (unpaired) electrons. The van der Waals surface area contributed by atoms with Crippen molar-refractivity contribution in [3.8, 4) is 5.75 Å². The van der Waals surface area contributed by atoms with Gasteiger partial charge in [-0.25, -0.2) is 17.9 Å². The molecule has 8 heteroatoms. The quantitative estimate of drug-likeness (QED) is 0.642. The molecule has 0 bridgehead atoms. The molecule has 6 nitrogen and oxygen atoms in total. The fourth-order valence-corrected chi connectivity index (χ4v) is 3.42. The van der Waals surface area contributed by atoms with Gasteiger partial charge in [-0.05, 0) is 54.1 Å². The highest BCUT2D eigenvalue weighted by Crippen LogP contribution is 2.21. The minimum atomic E-state index is -3.96. The number of primary sulfonamides is 1. The van der Waals surface area contributed by atoms with E-state index in [9.17, 15) is 17.6 Å². The minimum Gasteiger partial charge on any atom is -0.497 e. The van der Waals surface area contributed by atoms with E-state index in [0.717, 1.165) is 6.07 Å². The van der Waals surface area contributed by atoms with Crippen molar-refractivity contribution in [2.75, 3.05) is 7.11 Å². The van der Waals surface area contributed by atoms with Gasteiger partial charge in [0.2, 0.25) is 15.8 Å². The van der Waals surface area contributed by atoms with Crippen LogP contribution in [-0.2, 0) is 23.5 Å². The fourth-order valence-electron chi connectivity index (χ4n) is 2.89. The van der Waals surface area contributed by atoms with E-state index in [1.54, 1.807) is 55.1 Å². The topological polar surface area (TPSA) is 91.4 Å². The first-order chi connectivity index (χ1) is 13.2. The van der Waals surface area contributed by atoms with Crippen LogP contribution < -0.4 is 9.88 Å². The standard InChI is InChI=1S/C20H19FN2O4S/c1-23-15(11-14-5-9-17(12-18(14)21)28(22,25)26)6-10-19(23)20(24)13-3-7-16(27-2)8-4-13/h3-10,12H,11H2,1-2H3,(H2,22,25,26). The van der Waals surface area contributed by atoms with Crippen LogP contribution in [0.15, 0.2) is 59.5 Å². The number of ketones is 1. The number of nitrogens with two attached hydrogens (primary N) is 1. The molecule has 2 N–H and O–H groups in total. The number of carbonyl (C=O) groups excluding carboxylic acids is 1. The Morgan fingerprint density at radius 3 is 2.36 bits per heavy atom. The Hall–Kier alpha value is -2.97. The van der Waals surface area contributed by atoms with E-state index >= 15 is 0 Å². The third-order valence-electron chi connectivity index (χ3n) is 4.54. The predicted molar refractivity (Wildman–Crippen MR) is 102 cm³/mol. The molecule has 0 saturated heterocycles. The van der Waals surface area contributed by atoms with Gasteiger partial charge in [0.1, 0.15) is 11.6 Å². The van der Waals surface area contributed by atoms with E-state index in [4.69, 9.17) is 9.88 Å². The lowest BCUT2D eigenvalue weighted by molar-refractivity contribution is 0.103.